The molecule has 0 aliphatic heterocycles. The molecule has 0 aromatic heterocycles. The van der Waals surface area contributed by atoms with Crippen molar-refractivity contribution in [3.63, 3.8) is 0 Å². The van der Waals surface area contributed by atoms with Gasteiger partial charge in [-0.1, -0.05) is 17.7 Å². The second-order valence-corrected chi connectivity index (χ2v) is 6.79. The second-order valence-electron chi connectivity index (χ2n) is 6.38. The van der Waals surface area contributed by atoms with Gasteiger partial charge in [-0.3, -0.25) is 14.4 Å². The molecular formula is C19H17ClFN3O3. The Bertz CT molecular complexity index is 928. The summed E-state index contributed by atoms with van der Waals surface area (Å²) in [6.45, 7) is 1.39. The number of halogens is 2. The third-order valence-electron chi connectivity index (χ3n) is 4.24. The first-order chi connectivity index (χ1) is 12.8. The van der Waals surface area contributed by atoms with Crippen LogP contribution in [0.15, 0.2) is 42.5 Å². The Labute approximate surface area is 160 Å². The molecule has 2 aromatic carbocycles. The van der Waals surface area contributed by atoms with Crippen LogP contribution >= 0.6 is 11.6 Å². The number of benzene rings is 2. The lowest BCUT2D eigenvalue weighted by Gasteiger charge is -2.16. The lowest BCUT2D eigenvalue weighted by Crippen LogP contribution is -2.35. The zero-order valence-corrected chi connectivity index (χ0v) is 15.2. The Morgan fingerprint density at radius 3 is 2.00 bits per heavy atom. The predicted octanol–water partition coefficient (Wildman–Crippen LogP) is 3.79. The van der Waals surface area contributed by atoms with Crippen LogP contribution in [0.2, 0.25) is 5.02 Å². The van der Waals surface area contributed by atoms with E-state index in [4.69, 9.17) is 11.6 Å². The topological polar surface area (TPSA) is 87.3 Å². The molecule has 8 heteroatoms. The zero-order chi connectivity index (χ0) is 19.6. The Balaban J connectivity index is 1.69. The van der Waals surface area contributed by atoms with Crippen molar-refractivity contribution in [1.29, 1.82) is 0 Å². The van der Waals surface area contributed by atoms with Crippen molar-refractivity contribution < 1.29 is 18.8 Å². The maximum atomic E-state index is 13.2. The molecule has 140 valence electrons. The fourth-order valence-corrected chi connectivity index (χ4v) is 2.82. The van der Waals surface area contributed by atoms with Crippen LogP contribution in [0.4, 0.5) is 21.5 Å². The van der Waals surface area contributed by atoms with Gasteiger partial charge in [0.2, 0.25) is 17.7 Å². The molecule has 1 aliphatic carbocycles. The molecule has 0 bridgehead atoms. The van der Waals surface area contributed by atoms with Crippen molar-refractivity contribution in [3.05, 3.63) is 53.3 Å². The first-order valence-corrected chi connectivity index (χ1v) is 8.63. The average Bonchev–Trinajstić information content (AvgIpc) is 3.40. The molecule has 6 nitrogen and oxygen atoms in total. The van der Waals surface area contributed by atoms with Crippen LogP contribution in [-0.4, -0.2) is 17.7 Å². The summed E-state index contributed by atoms with van der Waals surface area (Å²) in [4.78, 5) is 36.3. The van der Waals surface area contributed by atoms with E-state index in [1.165, 1.54) is 19.1 Å². The number of rotatable bonds is 5. The van der Waals surface area contributed by atoms with E-state index in [2.05, 4.69) is 16.0 Å². The Kier molecular flexibility index (Phi) is 5.14. The molecule has 0 unspecified atom stereocenters. The minimum absolute atomic E-state index is 0.114. The molecule has 27 heavy (non-hydrogen) atoms. The predicted molar refractivity (Wildman–Crippen MR) is 101 cm³/mol. The molecule has 1 aliphatic rings. The summed E-state index contributed by atoms with van der Waals surface area (Å²) in [6.07, 6.45) is 0.815. The molecular weight excluding hydrogens is 373 g/mol. The maximum absolute atomic E-state index is 13.2. The average molecular weight is 390 g/mol. The molecule has 1 saturated carbocycles. The summed E-state index contributed by atoms with van der Waals surface area (Å²) in [5.74, 6) is -1.73. The van der Waals surface area contributed by atoms with Crippen molar-refractivity contribution >= 4 is 46.4 Å². The van der Waals surface area contributed by atoms with Crippen LogP contribution < -0.4 is 16.0 Å². The highest BCUT2D eigenvalue weighted by atomic mass is 35.5. The van der Waals surface area contributed by atoms with E-state index in [9.17, 15) is 18.8 Å². The molecule has 0 spiro atoms. The summed E-state index contributed by atoms with van der Waals surface area (Å²) < 4.78 is 13.2. The Morgan fingerprint density at radius 2 is 1.48 bits per heavy atom. The van der Waals surface area contributed by atoms with Crippen molar-refractivity contribution in [2.24, 2.45) is 5.41 Å². The van der Waals surface area contributed by atoms with E-state index in [0.29, 0.717) is 29.9 Å². The zero-order valence-electron chi connectivity index (χ0n) is 14.4. The lowest BCUT2D eigenvalue weighted by atomic mass is 10.0. The van der Waals surface area contributed by atoms with Gasteiger partial charge in [-0.05, 0) is 49.2 Å². The number of amides is 3. The Hall–Kier alpha value is -2.93. The Morgan fingerprint density at radius 1 is 0.926 bits per heavy atom. The monoisotopic (exact) mass is 389 g/mol. The molecule has 1 fully saturated rings. The molecule has 3 rings (SSSR count). The van der Waals surface area contributed by atoms with Gasteiger partial charge < -0.3 is 16.0 Å². The van der Waals surface area contributed by atoms with Crippen LogP contribution in [-0.2, 0) is 14.4 Å². The molecule has 0 saturated heterocycles. The van der Waals surface area contributed by atoms with E-state index in [0.717, 1.165) is 6.07 Å². The van der Waals surface area contributed by atoms with Crippen LogP contribution in [0.25, 0.3) is 0 Å². The van der Waals surface area contributed by atoms with Gasteiger partial charge in [0.25, 0.3) is 0 Å². The van der Waals surface area contributed by atoms with Crippen LogP contribution in [0.3, 0.4) is 0 Å². The number of anilines is 3. The summed E-state index contributed by atoms with van der Waals surface area (Å²) in [5.41, 5.74) is 0.147. The van der Waals surface area contributed by atoms with Crippen molar-refractivity contribution in [1.82, 2.24) is 0 Å². The van der Waals surface area contributed by atoms with Crippen molar-refractivity contribution in [2.45, 2.75) is 19.8 Å². The van der Waals surface area contributed by atoms with Gasteiger partial charge in [0.15, 0.2) is 0 Å². The van der Waals surface area contributed by atoms with E-state index in [1.807, 2.05) is 0 Å². The van der Waals surface area contributed by atoms with Crippen LogP contribution in [0.1, 0.15) is 19.8 Å². The smallest absolute Gasteiger partial charge is 0.240 e. The standard InChI is InChI=1S/C19H17ClFN3O3/c1-11(25)22-12-3-2-4-13(9-12)23-17(26)19(7-8-19)18(27)24-14-5-6-16(21)15(20)10-14/h2-6,9-10H,7-8H2,1H3,(H,22,25)(H,23,26)(H,24,27). The van der Waals surface area contributed by atoms with Crippen molar-refractivity contribution in [2.75, 3.05) is 16.0 Å². The normalized spacial score (nSPS) is 14.2. The van der Waals surface area contributed by atoms with E-state index in [-0.39, 0.29) is 10.9 Å². The molecule has 2 aromatic rings. The maximum Gasteiger partial charge on any atom is 0.240 e. The largest absolute Gasteiger partial charge is 0.326 e. The molecule has 0 atom stereocenters. The van der Waals surface area contributed by atoms with E-state index in [1.54, 1.807) is 24.3 Å². The van der Waals surface area contributed by atoms with Crippen molar-refractivity contribution in [3.8, 4) is 0 Å². The number of carbonyl (C=O) groups excluding carboxylic acids is 3. The SMILES string of the molecule is CC(=O)Nc1cccc(NC(=O)C2(C(=O)Nc3ccc(F)c(Cl)c3)CC2)c1. The van der Waals surface area contributed by atoms with Gasteiger partial charge >= 0.3 is 0 Å². The van der Waals surface area contributed by atoms with Gasteiger partial charge in [0, 0.05) is 24.0 Å². The molecule has 0 heterocycles. The number of hydrogen-bond acceptors (Lipinski definition) is 3. The number of nitrogens with one attached hydrogen (secondary N) is 3. The van der Waals surface area contributed by atoms with Gasteiger partial charge in [-0.15, -0.1) is 0 Å². The quantitative estimate of drug-likeness (QED) is 0.680. The summed E-state index contributed by atoms with van der Waals surface area (Å²) in [6, 6.07) is 10.5. The van der Waals surface area contributed by atoms with Crippen LogP contribution in [0.5, 0.6) is 0 Å². The number of carbonyl (C=O) groups is 3. The molecule has 3 amide bonds. The van der Waals surface area contributed by atoms with Gasteiger partial charge in [0.05, 0.1) is 5.02 Å². The van der Waals surface area contributed by atoms with E-state index >= 15 is 0 Å². The summed E-state index contributed by atoms with van der Waals surface area (Å²) >= 11 is 5.71. The minimum Gasteiger partial charge on any atom is -0.326 e. The highest BCUT2D eigenvalue weighted by Gasteiger charge is 2.56. The highest BCUT2D eigenvalue weighted by molar-refractivity contribution is 6.31. The van der Waals surface area contributed by atoms with Gasteiger partial charge in [0.1, 0.15) is 11.2 Å². The first kappa shape index (κ1) is 18.8. The van der Waals surface area contributed by atoms with E-state index < -0.39 is 23.0 Å². The first-order valence-electron chi connectivity index (χ1n) is 8.26. The molecule has 3 N–H and O–H groups in total. The summed E-state index contributed by atoms with van der Waals surface area (Å²) in [5, 5.41) is 7.83. The lowest BCUT2D eigenvalue weighted by molar-refractivity contribution is -0.131. The highest BCUT2D eigenvalue weighted by Crippen LogP contribution is 2.47. The van der Waals surface area contributed by atoms with Gasteiger partial charge in [-0.2, -0.15) is 0 Å². The van der Waals surface area contributed by atoms with Gasteiger partial charge in [-0.25, -0.2) is 4.39 Å². The third kappa shape index (κ3) is 4.25. The number of hydrogen-bond donors (Lipinski definition) is 3. The summed E-state index contributed by atoms with van der Waals surface area (Å²) in [7, 11) is 0. The third-order valence-corrected chi connectivity index (χ3v) is 4.53. The minimum atomic E-state index is -1.18. The fraction of sp³-hybridized carbons (Fsp3) is 0.211. The second kappa shape index (κ2) is 7.36. The van der Waals surface area contributed by atoms with Crippen LogP contribution in [0, 0.1) is 11.2 Å². The fourth-order valence-electron chi connectivity index (χ4n) is 2.64. The molecule has 0 radical (unpaired) electrons.